The van der Waals surface area contributed by atoms with Crippen molar-refractivity contribution in [2.45, 2.75) is 60.4 Å². The van der Waals surface area contributed by atoms with Gasteiger partial charge in [0, 0.05) is 18.0 Å². The quantitative estimate of drug-likeness (QED) is 0.840. The molecule has 0 bridgehead atoms. The topological polar surface area (TPSA) is 32.3 Å². The molecule has 1 aliphatic heterocycles. The van der Waals surface area contributed by atoms with Crippen LogP contribution in [0, 0.1) is 10.8 Å². The molecule has 1 rings (SSSR count). The van der Waals surface area contributed by atoms with Crippen molar-refractivity contribution in [1.29, 1.82) is 0 Å². The summed E-state index contributed by atoms with van der Waals surface area (Å²) in [4.78, 5) is 14.4. The lowest BCUT2D eigenvalue weighted by molar-refractivity contribution is -0.129. The zero-order chi connectivity index (χ0) is 14.0. The Hall–Kier alpha value is -0.570. The van der Waals surface area contributed by atoms with Gasteiger partial charge in [0.2, 0.25) is 5.91 Å². The number of nitrogens with zero attached hydrogens (tertiary/aromatic N) is 1. The van der Waals surface area contributed by atoms with Crippen LogP contribution in [-0.4, -0.2) is 36.5 Å². The predicted molar refractivity (Wildman–Crippen MR) is 76.5 cm³/mol. The van der Waals surface area contributed by atoms with Crippen LogP contribution in [0.5, 0.6) is 0 Å². The third kappa shape index (κ3) is 4.27. The van der Waals surface area contributed by atoms with E-state index in [1.165, 1.54) is 12.8 Å². The van der Waals surface area contributed by atoms with Crippen LogP contribution in [0.1, 0.15) is 54.4 Å². The summed E-state index contributed by atoms with van der Waals surface area (Å²) >= 11 is 0. The van der Waals surface area contributed by atoms with Gasteiger partial charge in [-0.1, -0.05) is 27.7 Å². The molecule has 0 aromatic carbocycles. The Morgan fingerprint density at radius 3 is 2.17 bits per heavy atom. The molecule has 1 amide bonds. The molecule has 1 heterocycles. The highest BCUT2D eigenvalue weighted by atomic mass is 16.2. The maximum atomic E-state index is 11.9. The number of piperidine rings is 1. The summed E-state index contributed by atoms with van der Waals surface area (Å²) < 4.78 is 0. The number of rotatable bonds is 3. The third-order valence-electron chi connectivity index (χ3n) is 4.09. The molecular weight excluding hydrogens is 224 g/mol. The SMILES string of the molecule is CC(C)N1CCC(C)(CNC(=O)C(C)(C)C)CC1. The van der Waals surface area contributed by atoms with E-state index in [4.69, 9.17) is 0 Å². The van der Waals surface area contributed by atoms with E-state index in [1.807, 2.05) is 20.8 Å². The first-order valence-electron chi connectivity index (χ1n) is 7.16. The summed E-state index contributed by atoms with van der Waals surface area (Å²) in [7, 11) is 0. The fraction of sp³-hybridized carbons (Fsp3) is 0.933. The Morgan fingerprint density at radius 1 is 1.28 bits per heavy atom. The Kier molecular flexibility index (Phi) is 4.82. The molecule has 0 atom stereocenters. The van der Waals surface area contributed by atoms with Crippen LogP contribution in [0.2, 0.25) is 0 Å². The van der Waals surface area contributed by atoms with E-state index in [-0.39, 0.29) is 16.7 Å². The van der Waals surface area contributed by atoms with Gasteiger partial charge in [0.05, 0.1) is 0 Å². The standard InChI is InChI=1S/C15H30N2O/c1-12(2)17-9-7-15(6,8-10-17)11-16-13(18)14(3,4)5/h12H,7-11H2,1-6H3,(H,16,18). The molecule has 1 saturated heterocycles. The van der Waals surface area contributed by atoms with Crippen LogP contribution < -0.4 is 5.32 Å². The lowest BCUT2D eigenvalue weighted by Gasteiger charge is -2.41. The minimum absolute atomic E-state index is 0.162. The van der Waals surface area contributed by atoms with Gasteiger partial charge in [-0.2, -0.15) is 0 Å². The zero-order valence-corrected chi connectivity index (χ0v) is 13.0. The Bertz CT molecular complexity index is 283. The number of amides is 1. The van der Waals surface area contributed by atoms with Gasteiger partial charge in [0.25, 0.3) is 0 Å². The summed E-state index contributed by atoms with van der Waals surface area (Å²) in [6.07, 6.45) is 2.35. The van der Waals surface area contributed by atoms with Crippen LogP contribution in [0.25, 0.3) is 0 Å². The van der Waals surface area contributed by atoms with Crippen molar-refractivity contribution >= 4 is 5.91 Å². The molecule has 0 spiro atoms. The Labute approximate surface area is 112 Å². The van der Waals surface area contributed by atoms with Crippen LogP contribution in [0.15, 0.2) is 0 Å². The maximum Gasteiger partial charge on any atom is 0.225 e. The van der Waals surface area contributed by atoms with Gasteiger partial charge in [-0.05, 0) is 45.2 Å². The molecule has 18 heavy (non-hydrogen) atoms. The zero-order valence-electron chi connectivity index (χ0n) is 13.0. The highest BCUT2D eigenvalue weighted by Gasteiger charge is 2.32. The molecular formula is C15H30N2O. The van der Waals surface area contributed by atoms with Crippen molar-refractivity contribution in [2.75, 3.05) is 19.6 Å². The highest BCUT2D eigenvalue weighted by Crippen LogP contribution is 2.31. The van der Waals surface area contributed by atoms with Crippen molar-refractivity contribution in [1.82, 2.24) is 10.2 Å². The first-order chi connectivity index (χ1) is 8.14. The maximum absolute atomic E-state index is 11.9. The molecule has 1 aliphatic rings. The van der Waals surface area contributed by atoms with Crippen LogP contribution in [0.4, 0.5) is 0 Å². The molecule has 106 valence electrons. The van der Waals surface area contributed by atoms with E-state index in [0.717, 1.165) is 19.6 Å². The second kappa shape index (κ2) is 5.60. The lowest BCUT2D eigenvalue weighted by Crippen LogP contribution is -2.48. The van der Waals surface area contributed by atoms with E-state index in [0.29, 0.717) is 6.04 Å². The first-order valence-corrected chi connectivity index (χ1v) is 7.16. The van der Waals surface area contributed by atoms with E-state index >= 15 is 0 Å². The fourth-order valence-electron chi connectivity index (χ4n) is 2.32. The first kappa shape index (κ1) is 15.5. The predicted octanol–water partition coefficient (Wildman–Crippen LogP) is 2.66. The molecule has 0 unspecified atom stereocenters. The van der Waals surface area contributed by atoms with Gasteiger partial charge < -0.3 is 10.2 Å². The lowest BCUT2D eigenvalue weighted by atomic mass is 9.79. The summed E-state index contributed by atoms with van der Waals surface area (Å²) in [5.74, 6) is 0.162. The molecule has 0 aliphatic carbocycles. The molecule has 1 N–H and O–H groups in total. The van der Waals surface area contributed by atoms with Gasteiger partial charge in [0.15, 0.2) is 0 Å². The van der Waals surface area contributed by atoms with Crippen molar-refractivity contribution in [2.24, 2.45) is 10.8 Å². The summed E-state index contributed by atoms with van der Waals surface area (Å²) in [5.41, 5.74) is -0.0126. The summed E-state index contributed by atoms with van der Waals surface area (Å²) in [5, 5.41) is 3.12. The summed E-state index contributed by atoms with van der Waals surface area (Å²) in [6, 6.07) is 0.638. The van der Waals surface area contributed by atoms with Crippen molar-refractivity contribution < 1.29 is 4.79 Å². The van der Waals surface area contributed by atoms with E-state index in [1.54, 1.807) is 0 Å². The number of likely N-dealkylation sites (tertiary alicyclic amines) is 1. The van der Waals surface area contributed by atoms with Gasteiger partial charge >= 0.3 is 0 Å². The number of nitrogens with one attached hydrogen (secondary N) is 1. The van der Waals surface area contributed by atoms with Crippen LogP contribution in [0.3, 0.4) is 0 Å². The summed E-state index contributed by atoms with van der Waals surface area (Å²) in [6.45, 7) is 15.8. The van der Waals surface area contributed by atoms with E-state index in [2.05, 4.69) is 31.0 Å². The second-order valence-corrected chi connectivity index (χ2v) is 7.37. The van der Waals surface area contributed by atoms with Crippen molar-refractivity contribution in [3.05, 3.63) is 0 Å². The van der Waals surface area contributed by atoms with Crippen molar-refractivity contribution in [3.63, 3.8) is 0 Å². The van der Waals surface area contributed by atoms with Crippen LogP contribution in [-0.2, 0) is 4.79 Å². The molecule has 3 heteroatoms. The Balaban J connectivity index is 2.42. The minimum atomic E-state index is -0.283. The largest absolute Gasteiger partial charge is 0.355 e. The number of carbonyl (C=O) groups excluding carboxylic acids is 1. The van der Waals surface area contributed by atoms with Gasteiger partial charge in [-0.3, -0.25) is 4.79 Å². The molecule has 0 radical (unpaired) electrons. The second-order valence-electron chi connectivity index (χ2n) is 7.37. The number of hydrogen-bond donors (Lipinski definition) is 1. The molecule has 0 aromatic rings. The number of hydrogen-bond acceptors (Lipinski definition) is 2. The average molecular weight is 254 g/mol. The average Bonchev–Trinajstić information content (AvgIpc) is 2.25. The molecule has 0 aromatic heterocycles. The molecule has 0 saturated carbocycles. The van der Waals surface area contributed by atoms with E-state index in [9.17, 15) is 4.79 Å². The molecule has 3 nitrogen and oxygen atoms in total. The van der Waals surface area contributed by atoms with Gasteiger partial charge in [0.1, 0.15) is 0 Å². The third-order valence-corrected chi connectivity index (χ3v) is 4.09. The normalized spacial score (nSPS) is 21.1. The fourth-order valence-corrected chi connectivity index (χ4v) is 2.32. The van der Waals surface area contributed by atoms with Gasteiger partial charge in [-0.15, -0.1) is 0 Å². The minimum Gasteiger partial charge on any atom is -0.355 e. The highest BCUT2D eigenvalue weighted by molar-refractivity contribution is 5.81. The van der Waals surface area contributed by atoms with Crippen LogP contribution >= 0.6 is 0 Å². The molecule has 1 fully saturated rings. The number of carbonyl (C=O) groups is 1. The smallest absolute Gasteiger partial charge is 0.225 e. The van der Waals surface area contributed by atoms with Gasteiger partial charge in [-0.25, -0.2) is 0 Å². The Morgan fingerprint density at radius 2 is 1.78 bits per heavy atom. The monoisotopic (exact) mass is 254 g/mol. The van der Waals surface area contributed by atoms with Crippen molar-refractivity contribution in [3.8, 4) is 0 Å². The van der Waals surface area contributed by atoms with E-state index < -0.39 is 0 Å².